The van der Waals surface area contributed by atoms with Crippen LogP contribution >= 0.6 is 0 Å². The number of likely N-dealkylation sites (N-methyl/N-ethyl adjacent to an activating group) is 1. The first-order chi connectivity index (χ1) is 7.06. The van der Waals surface area contributed by atoms with Crippen molar-refractivity contribution >= 4 is 5.91 Å². The van der Waals surface area contributed by atoms with E-state index in [9.17, 15) is 4.79 Å². The Morgan fingerprint density at radius 3 is 2.73 bits per heavy atom. The number of hydrogen-bond donors (Lipinski definition) is 2. The third kappa shape index (κ3) is 3.82. The molecule has 0 radical (unpaired) electrons. The van der Waals surface area contributed by atoms with Gasteiger partial charge in [-0.3, -0.25) is 4.79 Å². The molecule has 88 valence electrons. The van der Waals surface area contributed by atoms with Crippen LogP contribution in [0.15, 0.2) is 0 Å². The summed E-state index contributed by atoms with van der Waals surface area (Å²) in [5.41, 5.74) is 0.264. The lowest BCUT2D eigenvalue weighted by molar-refractivity contribution is -0.122. The number of hydrogen-bond acceptors (Lipinski definition) is 2. The first-order valence-electron chi connectivity index (χ1n) is 6.06. The van der Waals surface area contributed by atoms with Crippen molar-refractivity contribution in [3.63, 3.8) is 0 Å². The highest BCUT2D eigenvalue weighted by atomic mass is 16.2. The molecule has 3 heteroatoms. The van der Waals surface area contributed by atoms with Crippen LogP contribution in [0.4, 0.5) is 0 Å². The summed E-state index contributed by atoms with van der Waals surface area (Å²) in [7, 11) is 0. The van der Waals surface area contributed by atoms with Crippen LogP contribution in [0.25, 0.3) is 0 Å². The standard InChI is InChI=1S/C12H24N2O/c1-4-13-9-11(15)14-10-7-5-6-8-12(10,2)3/h10,13H,4-9H2,1-3H3,(H,14,15). The fraction of sp³-hybridized carbons (Fsp3) is 0.917. The van der Waals surface area contributed by atoms with Gasteiger partial charge >= 0.3 is 0 Å². The highest BCUT2D eigenvalue weighted by molar-refractivity contribution is 5.78. The zero-order valence-electron chi connectivity index (χ0n) is 10.2. The van der Waals surface area contributed by atoms with Crippen molar-refractivity contribution in [2.75, 3.05) is 13.1 Å². The molecule has 1 unspecified atom stereocenters. The van der Waals surface area contributed by atoms with Crippen molar-refractivity contribution < 1.29 is 4.79 Å². The van der Waals surface area contributed by atoms with Gasteiger partial charge in [0.25, 0.3) is 0 Å². The summed E-state index contributed by atoms with van der Waals surface area (Å²) in [6.45, 7) is 7.82. The van der Waals surface area contributed by atoms with Gasteiger partial charge in [0, 0.05) is 6.04 Å². The molecule has 0 heterocycles. The molecule has 2 N–H and O–H groups in total. The van der Waals surface area contributed by atoms with Gasteiger partial charge in [-0.1, -0.05) is 33.6 Å². The van der Waals surface area contributed by atoms with Crippen molar-refractivity contribution in [1.29, 1.82) is 0 Å². The lowest BCUT2D eigenvalue weighted by Gasteiger charge is -2.39. The van der Waals surface area contributed by atoms with Gasteiger partial charge in [0.05, 0.1) is 6.54 Å². The summed E-state index contributed by atoms with van der Waals surface area (Å²) in [4.78, 5) is 11.6. The second kappa shape index (κ2) is 5.50. The molecule has 0 spiro atoms. The van der Waals surface area contributed by atoms with E-state index < -0.39 is 0 Å². The topological polar surface area (TPSA) is 41.1 Å². The maximum atomic E-state index is 11.6. The van der Waals surface area contributed by atoms with Crippen LogP contribution in [-0.4, -0.2) is 25.0 Å². The Bertz CT molecular complexity index is 214. The first-order valence-corrected chi connectivity index (χ1v) is 6.06. The van der Waals surface area contributed by atoms with E-state index in [1.807, 2.05) is 6.92 Å². The van der Waals surface area contributed by atoms with Gasteiger partial charge < -0.3 is 10.6 Å². The number of amides is 1. The number of nitrogens with one attached hydrogen (secondary N) is 2. The lowest BCUT2D eigenvalue weighted by atomic mass is 9.73. The summed E-state index contributed by atoms with van der Waals surface area (Å²) in [5, 5.41) is 6.20. The molecular weight excluding hydrogens is 188 g/mol. The van der Waals surface area contributed by atoms with Gasteiger partial charge in [0.1, 0.15) is 0 Å². The van der Waals surface area contributed by atoms with Crippen molar-refractivity contribution in [3.05, 3.63) is 0 Å². The minimum Gasteiger partial charge on any atom is -0.352 e. The van der Waals surface area contributed by atoms with Crippen LogP contribution in [0.1, 0.15) is 46.5 Å². The van der Waals surface area contributed by atoms with Gasteiger partial charge in [0.15, 0.2) is 0 Å². The molecule has 0 aromatic carbocycles. The Kier molecular flexibility index (Phi) is 4.58. The molecule has 3 nitrogen and oxygen atoms in total. The van der Waals surface area contributed by atoms with Crippen molar-refractivity contribution in [2.45, 2.75) is 52.5 Å². The van der Waals surface area contributed by atoms with Crippen LogP contribution in [0, 0.1) is 5.41 Å². The quantitative estimate of drug-likeness (QED) is 0.744. The third-order valence-corrected chi connectivity index (χ3v) is 3.38. The summed E-state index contributed by atoms with van der Waals surface area (Å²) in [5.74, 6) is 0.136. The van der Waals surface area contributed by atoms with E-state index in [2.05, 4.69) is 24.5 Å². The maximum Gasteiger partial charge on any atom is 0.234 e. The van der Waals surface area contributed by atoms with Crippen molar-refractivity contribution in [2.24, 2.45) is 5.41 Å². The Balaban J connectivity index is 2.38. The largest absolute Gasteiger partial charge is 0.352 e. The maximum absolute atomic E-state index is 11.6. The Hall–Kier alpha value is -0.570. The highest BCUT2D eigenvalue weighted by Crippen LogP contribution is 2.35. The van der Waals surface area contributed by atoms with E-state index in [-0.39, 0.29) is 11.3 Å². The molecule has 1 saturated carbocycles. The molecule has 1 rings (SSSR count). The second-order valence-electron chi connectivity index (χ2n) is 5.13. The molecule has 0 aliphatic heterocycles. The second-order valence-corrected chi connectivity index (χ2v) is 5.13. The van der Waals surface area contributed by atoms with Crippen LogP contribution in [0.3, 0.4) is 0 Å². The molecule has 1 aliphatic carbocycles. The molecule has 0 aromatic heterocycles. The van der Waals surface area contributed by atoms with Gasteiger partial charge in [-0.25, -0.2) is 0 Å². The average molecular weight is 212 g/mol. The average Bonchev–Trinajstić information content (AvgIpc) is 2.18. The summed E-state index contributed by atoms with van der Waals surface area (Å²) >= 11 is 0. The van der Waals surface area contributed by atoms with Gasteiger partial charge in [0.2, 0.25) is 5.91 Å². The molecule has 0 aromatic rings. The lowest BCUT2D eigenvalue weighted by Crippen LogP contribution is -2.49. The van der Waals surface area contributed by atoms with Crippen molar-refractivity contribution in [1.82, 2.24) is 10.6 Å². The summed E-state index contributed by atoms with van der Waals surface area (Å²) in [6.07, 6.45) is 4.90. The smallest absolute Gasteiger partial charge is 0.234 e. The Morgan fingerprint density at radius 2 is 2.13 bits per heavy atom. The van der Waals surface area contributed by atoms with E-state index in [4.69, 9.17) is 0 Å². The van der Waals surface area contributed by atoms with E-state index in [0.717, 1.165) is 13.0 Å². The SMILES string of the molecule is CCNCC(=O)NC1CCCCC1(C)C. The van der Waals surface area contributed by atoms with E-state index in [1.54, 1.807) is 0 Å². The molecule has 0 bridgehead atoms. The summed E-state index contributed by atoms with van der Waals surface area (Å²) < 4.78 is 0. The fourth-order valence-electron chi connectivity index (χ4n) is 2.25. The number of carbonyl (C=O) groups is 1. The van der Waals surface area contributed by atoms with Gasteiger partial charge in [-0.2, -0.15) is 0 Å². The third-order valence-electron chi connectivity index (χ3n) is 3.38. The minimum atomic E-state index is 0.136. The molecule has 1 aliphatic rings. The van der Waals surface area contributed by atoms with Gasteiger partial charge in [-0.15, -0.1) is 0 Å². The van der Waals surface area contributed by atoms with E-state index in [0.29, 0.717) is 12.6 Å². The number of carbonyl (C=O) groups excluding carboxylic acids is 1. The monoisotopic (exact) mass is 212 g/mol. The van der Waals surface area contributed by atoms with Crippen LogP contribution < -0.4 is 10.6 Å². The first kappa shape index (κ1) is 12.5. The number of rotatable bonds is 4. The molecular formula is C12H24N2O. The van der Waals surface area contributed by atoms with E-state index in [1.165, 1.54) is 19.3 Å². The predicted molar refractivity (Wildman–Crippen MR) is 62.7 cm³/mol. The Labute approximate surface area is 93.0 Å². The summed E-state index contributed by atoms with van der Waals surface area (Å²) in [6, 6.07) is 0.359. The molecule has 15 heavy (non-hydrogen) atoms. The predicted octanol–water partition coefficient (Wildman–Crippen LogP) is 1.68. The minimum absolute atomic E-state index is 0.136. The fourth-order valence-corrected chi connectivity index (χ4v) is 2.25. The molecule has 1 atom stereocenters. The van der Waals surface area contributed by atoms with E-state index >= 15 is 0 Å². The van der Waals surface area contributed by atoms with Gasteiger partial charge in [-0.05, 0) is 24.8 Å². The highest BCUT2D eigenvalue weighted by Gasteiger charge is 2.32. The zero-order valence-corrected chi connectivity index (χ0v) is 10.2. The Morgan fingerprint density at radius 1 is 1.40 bits per heavy atom. The van der Waals surface area contributed by atoms with Crippen molar-refractivity contribution in [3.8, 4) is 0 Å². The van der Waals surface area contributed by atoms with Crippen LogP contribution in [0.5, 0.6) is 0 Å². The molecule has 1 fully saturated rings. The molecule has 1 amide bonds. The van der Waals surface area contributed by atoms with Crippen LogP contribution in [-0.2, 0) is 4.79 Å². The van der Waals surface area contributed by atoms with Crippen LogP contribution in [0.2, 0.25) is 0 Å². The normalized spacial score (nSPS) is 24.9. The zero-order chi connectivity index (χ0) is 11.3. The molecule has 0 saturated heterocycles.